The van der Waals surface area contributed by atoms with E-state index in [1.165, 1.54) is 25.5 Å². The van der Waals surface area contributed by atoms with Crippen LogP contribution in [0.4, 0.5) is 5.69 Å². The fraction of sp³-hybridized carbons (Fsp3) is 0.320. The summed E-state index contributed by atoms with van der Waals surface area (Å²) in [5.41, 5.74) is 1.44. The highest BCUT2D eigenvalue weighted by atomic mass is 16.6. The molecule has 9 nitrogen and oxygen atoms in total. The number of fused-ring (bicyclic) bond motifs is 1. The summed E-state index contributed by atoms with van der Waals surface area (Å²) in [6, 6.07) is 11.3. The third kappa shape index (κ3) is 3.83. The normalized spacial score (nSPS) is 25.1. The zero-order valence-electron chi connectivity index (χ0n) is 18.5. The Balaban J connectivity index is 1.27. The Morgan fingerprint density at radius 1 is 1.03 bits per heavy atom. The zero-order valence-corrected chi connectivity index (χ0v) is 18.5. The van der Waals surface area contributed by atoms with Crippen LogP contribution < -0.4 is 9.47 Å². The van der Waals surface area contributed by atoms with E-state index in [9.17, 15) is 19.7 Å². The molecule has 174 valence electrons. The van der Waals surface area contributed by atoms with Crippen LogP contribution in [0.5, 0.6) is 11.5 Å². The van der Waals surface area contributed by atoms with Gasteiger partial charge in [0.1, 0.15) is 6.61 Å². The average molecular weight is 461 g/mol. The molecule has 2 fully saturated rings. The SMILES string of the molecule is COc1cc(/C=N/N2C(=O)C3C4C=CC(CC4)C3C2=O)ccc1OCc1ccc([N+](=O)[O-])cc1. The molecule has 2 bridgehead atoms. The van der Waals surface area contributed by atoms with Gasteiger partial charge in [0, 0.05) is 12.1 Å². The van der Waals surface area contributed by atoms with E-state index in [0.29, 0.717) is 17.1 Å². The second-order valence-electron chi connectivity index (χ2n) is 8.70. The second-order valence-corrected chi connectivity index (χ2v) is 8.70. The second kappa shape index (κ2) is 8.74. The van der Waals surface area contributed by atoms with Crippen molar-refractivity contribution in [1.29, 1.82) is 0 Å². The van der Waals surface area contributed by atoms with Crippen LogP contribution in [-0.4, -0.2) is 35.1 Å². The number of amides is 2. The van der Waals surface area contributed by atoms with Crippen molar-refractivity contribution in [2.75, 3.05) is 7.11 Å². The third-order valence-electron chi connectivity index (χ3n) is 6.79. The van der Waals surface area contributed by atoms with Crippen molar-refractivity contribution in [1.82, 2.24) is 5.01 Å². The molecule has 2 amide bonds. The summed E-state index contributed by atoms with van der Waals surface area (Å²) in [5, 5.41) is 16.0. The molecule has 1 saturated heterocycles. The lowest BCUT2D eigenvalue weighted by Crippen LogP contribution is -2.38. The van der Waals surface area contributed by atoms with E-state index < -0.39 is 4.92 Å². The van der Waals surface area contributed by atoms with Crippen molar-refractivity contribution in [3.05, 3.63) is 75.9 Å². The van der Waals surface area contributed by atoms with Gasteiger partial charge in [-0.15, -0.1) is 0 Å². The Morgan fingerprint density at radius 3 is 2.24 bits per heavy atom. The molecule has 1 aliphatic heterocycles. The number of imide groups is 1. The number of benzene rings is 2. The standard InChI is InChI=1S/C25H23N3O6/c1-33-21-12-16(4-11-20(21)34-14-15-2-9-19(10-3-15)28(31)32)13-26-27-24(29)22-17-5-6-18(8-7-17)23(22)25(27)30/h2-6,9-13,17-18,22-23H,7-8,14H2,1H3/b26-13+. The summed E-state index contributed by atoms with van der Waals surface area (Å²) in [4.78, 5) is 36.1. The summed E-state index contributed by atoms with van der Waals surface area (Å²) >= 11 is 0. The first kappa shape index (κ1) is 21.8. The minimum atomic E-state index is -0.452. The van der Waals surface area contributed by atoms with Crippen molar-refractivity contribution in [2.24, 2.45) is 28.8 Å². The van der Waals surface area contributed by atoms with Crippen molar-refractivity contribution in [2.45, 2.75) is 19.4 Å². The molecule has 0 aromatic heterocycles. The number of allylic oxidation sites excluding steroid dienone is 2. The number of carbonyl (C=O) groups excluding carboxylic acids is 2. The molecule has 6 rings (SSSR count). The van der Waals surface area contributed by atoms with Gasteiger partial charge in [-0.1, -0.05) is 12.2 Å². The Labute approximate surface area is 195 Å². The first-order valence-electron chi connectivity index (χ1n) is 11.1. The number of rotatable bonds is 7. The number of nitrogens with zero attached hydrogens (tertiary/aromatic N) is 3. The predicted molar refractivity (Wildman–Crippen MR) is 122 cm³/mol. The van der Waals surface area contributed by atoms with Crippen molar-refractivity contribution in [3.8, 4) is 11.5 Å². The van der Waals surface area contributed by atoms with E-state index >= 15 is 0 Å². The van der Waals surface area contributed by atoms with Gasteiger partial charge in [-0.3, -0.25) is 19.7 Å². The molecule has 34 heavy (non-hydrogen) atoms. The maximum absolute atomic E-state index is 12.9. The number of hydrogen-bond donors (Lipinski definition) is 0. The first-order valence-corrected chi connectivity index (χ1v) is 11.1. The maximum atomic E-state index is 12.9. The fourth-order valence-electron chi connectivity index (χ4n) is 5.06. The lowest BCUT2D eigenvalue weighted by molar-refractivity contribution is -0.384. The van der Waals surface area contributed by atoms with Gasteiger partial charge >= 0.3 is 0 Å². The molecule has 0 spiro atoms. The Bertz CT molecular complexity index is 1170. The first-order chi connectivity index (χ1) is 16.5. The summed E-state index contributed by atoms with van der Waals surface area (Å²) in [6.07, 6.45) is 7.52. The number of methoxy groups -OCH3 is 1. The lowest BCUT2D eigenvalue weighted by Gasteiger charge is -2.37. The molecule has 2 aromatic carbocycles. The number of nitro groups is 1. The number of non-ortho nitro benzene ring substituents is 1. The van der Waals surface area contributed by atoms with Crippen LogP contribution in [0.15, 0.2) is 59.7 Å². The van der Waals surface area contributed by atoms with Crippen molar-refractivity contribution >= 4 is 23.7 Å². The largest absolute Gasteiger partial charge is 0.493 e. The van der Waals surface area contributed by atoms with Crippen molar-refractivity contribution < 1.29 is 24.0 Å². The number of carbonyl (C=O) groups is 2. The quantitative estimate of drug-likeness (QED) is 0.204. The molecule has 4 unspecified atom stereocenters. The monoisotopic (exact) mass is 461 g/mol. The highest BCUT2D eigenvalue weighted by Gasteiger charge is 2.56. The van der Waals surface area contributed by atoms with Gasteiger partial charge in [-0.05, 0) is 66.1 Å². The predicted octanol–water partition coefficient (Wildman–Crippen LogP) is 3.71. The van der Waals surface area contributed by atoms with Gasteiger partial charge in [-0.2, -0.15) is 10.1 Å². The maximum Gasteiger partial charge on any atom is 0.269 e. The molecular weight excluding hydrogens is 438 g/mol. The number of hydrazone groups is 1. The van der Waals surface area contributed by atoms with Gasteiger partial charge in [0.2, 0.25) is 0 Å². The molecule has 4 aliphatic rings. The average Bonchev–Trinajstić information content (AvgIpc) is 3.14. The molecule has 1 heterocycles. The zero-order chi connectivity index (χ0) is 23.8. The number of nitro benzene ring substituents is 1. The van der Waals surface area contributed by atoms with Crippen LogP contribution >= 0.6 is 0 Å². The van der Waals surface area contributed by atoms with Crippen LogP contribution in [0.2, 0.25) is 0 Å². The third-order valence-corrected chi connectivity index (χ3v) is 6.79. The summed E-state index contributed by atoms with van der Waals surface area (Å²) in [5.74, 6) is 0.163. The van der Waals surface area contributed by atoms with Gasteiger partial charge in [0.05, 0.1) is 30.1 Å². The molecule has 0 radical (unpaired) electrons. The minimum Gasteiger partial charge on any atom is -0.493 e. The van der Waals surface area contributed by atoms with Gasteiger partial charge < -0.3 is 9.47 Å². The topological polar surface area (TPSA) is 111 Å². The molecule has 9 heteroatoms. The minimum absolute atomic E-state index is 0.0168. The van der Waals surface area contributed by atoms with Crippen LogP contribution in [0.25, 0.3) is 0 Å². The number of hydrogen-bond acceptors (Lipinski definition) is 7. The van der Waals surface area contributed by atoms with Crippen LogP contribution in [-0.2, 0) is 16.2 Å². The van der Waals surface area contributed by atoms with Crippen LogP contribution in [0, 0.1) is 33.8 Å². The van der Waals surface area contributed by atoms with Gasteiger partial charge in [0.15, 0.2) is 11.5 Å². The van der Waals surface area contributed by atoms with E-state index in [-0.39, 0.29) is 47.8 Å². The van der Waals surface area contributed by atoms with E-state index in [1.807, 2.05) is 0 Å². The van der Waals surface area contributed by atoms with Gasteiger partial charge in [0.25, 0.3) is 17.5 Å². The highest BCUT2D eigenvalue weighted by Crippen LogP contribution is 2.49. The number of ether oxygens (including phenoxy) is 2. The van der Waals surface area contributed by atoms with E-state index in [1.54, 1.807) is 30.3 Å². The molecule has 1 saturated carbocycles. The Morgan fingerprint density at radius 2 is 1.68 bits per heavy atom. The highest BCUT2D eigenvalue weighted by molar-refractivity contribution is 6.06. The molecule has 2 aromatic rings. The van der Waals surface area contributed by atoms with E-state index in [4.69, 9.17) is 9.47 Å². The lowest BCUT2D eigenvalue weighted by atomic mass is 9.63. The Kier molecular flexibility index (Phi) is 5.61. The summed E-state index contributed by atoms with van der Waals surface area (Å²) in [7, 11) is 1.51. The summed E-state index contributed by atoms with van der Waals surface area (Å²) < 4.78 is 11.2. The Hall–Kier alpha value is -4.01. The van der Waals surface area contributed by atoms with Crippen molar-refractivity contribution in [3.63, 3.8) is 0 Å². The van der Waals surface area contributed by atoms with E-state index in [2.05, 4.69) is 17.3 Å². The molecular formula is C25H23N3O6. The summed E-state index contributed by atoms with van der Waals surface area (Å²) in [6.45, 7) is 0.206. The van der Waals surface area contributed by atoms with Crippen LogP contribution in [0.3, 0.4) is 0 Å². The molecule has 4 atom stereocenters. The van der Waals surface area contributed by atoms with Gasteiger partial charge in [-0.25, -0.2) is 0 Å². The fourth-order valence-corrected chi connectivity index (χ4v) is 5.06. The van der Waals surface area contributed by atoms with Crippen LogP contribution in [0.1, 0.15) is 24.0 Å². The molecule has 0 N–H and O–H groups in total. The van der Waals surface area contributed by atoms with E-state index in [0.717, 1.165) is 23.4 Å². The smallest absolute Gasteiger partial charge is 0.269 e. The molecule has 3 aliphatic carbocycles.